The van der Waals surface area contributed by atoms with Crippen LogP contribution >= 0.6 is 0 Å². The Hall–Kier alpha value is -1.99. The van der Waals surface area contributed by atoms with Crippen LogP contribution in [-0.4, -0.2) is 57.2 Å². The Labute approximate surface area is 152 Å². The maximum absolute atomic E-state index is 11.4. The molecule has 0 spiro atoms. The summed E-state index contributed by atoms with van der Waals surface area (Å²) >= 11 is 0. The number of pyridine rings is 1. The number of fused-ring (bicyclic) bond motifs is 4. The molecule has 1 aromatic carbocycles. The number of aliphatic hydroxyl groups excluding tert-OH is 2. The van der Waals surface area contributed by atoms with Gasteiger partial charge in [0.1, 0.15) is 18.0 Å². The molecule has 5 rings (SSSR count). The highest BCUT2D eigenvalue weighted by Crippen LogP contribution is 2.47. The summed E-state index contributed by atoms with van der Waals surface area (Å²) in [5.41, 5.74) is -0.515. The van der Waals surface area contributed by atoms with E-state index in [4.69, 9.17) is 4.74 Å². The number of piperidine rings is 3. The standard InChI is InChI=1S/C20H24N2O4/c1-3-12-11-22-9-7-14(12)18(23)20(22,25)19(24)15-6-8-21-17-5-4-13(26-2)10-16(15)17/h3-6,8,10,12,14,18-19,23-25H,1,7,9,11H2,2H3. The molecule has 3 fully saturated rings. The van der Waals surface area contributed by atoms with Crippen LogP contribution in [0.3, 0.4) is 0 Å². The van der Waals surface area contributed by atoms with Gasteiger partial charge in [0, 0.05) is 24.7 Å². The summed E-state index contributed by atoms with van der Waals surface area (Å²) in [6.45, 7) is 5.05. The third-order valence-corrected chi connectivity index (χ3v) is 6.04. The third kappa shape index (κ3) is 2.37. The van der Waals surface area contributed by atoms with Gasteiger partial charge in [-0.2, -0.15) is 0 Å². The molecule has 4 heterocycles. The van der Waals surface area contributed by atoms with Crippen LogP contribution in [0, 0.1) is 11.8 Å². The number of nitrogens with zero attached hydrogens (tertiary/aromatic N) is 2. The SMILES string of the molecule is C=CC1CN2CCC1C(O)C2(O)C(O)c1ccnc2ccc(OC)cc12. The molecule has 6 nitrogen and oxygen atoms in total. The van der Waals surface area contributed by atoms with E-state index in [1.165, 1.54) is 0 Å². The largest absolute Gasteiger partial charge is 0.497 e. The number of rotatable bonds is 4. The van der Waals surface area contributed by atoms with Gasteiger partial charge in [0.2, 0.25) is 0 Å². The van der Waals surface area contributed by atoms with Crippen molar-refractivity contribution in [1.29, 1.82) is 0 Å². The van der Waals surface area contributed by atoms with Crippen LogP contribution in [0.5, 0.6) is 5.75 Å². The Bertz CT molecular complexity index is 838. The van der Waals surface area contributed by atoms with Crippen molar-refractivity contribution in [2.45, 2.75) is 24.4 Å². The number of benzene rings is 1. The second-order valence-electron chi connectivity index (χ2n) is 7.21. The fraction of sp³-hybridized carbons (Fsp3) is 0.450. The summed E-state index contributed by atoms with van der Waals surface area (Å²) in [5, 5.41) is 34.1. The molecule has 3 aliphatic rings. The molecule has 6 unspecified atom stereocenters. The number of ether oxygens (including phenoxy) is 1. The van der Waals surface area contributed by atoms with Crippen molar-refractivity contribution < 1.29 is 20.1 Å². The fourth-order valence-electron chi connectivity index (χ4n) is 4.54. The minimum atomic E-state index is -1.74. The van der Waals surface area contributed by atoms with E-state index in [0.717, 1.165) is 6.42 Å². The number of methoxy groups -OCH3 is 1. The van der Waals surface area contributed by atoms with Gasteiger partial charge in [0.15, 0.2) is 5.72 Å². The highest BCUT2D eigenvalue weighted by atomic mass is 16.5. The Balaban J connectivity index is 1.79. The summed E-state index contributed by atoms with van der Waals surface area (Å²) in [6.07, 6.45) is 1.88. The Morgan fingerprint density at radius 2 is 2.23 bits per heavy atom. The summed E-state index contributed by atoms with van der Waals surface area (Å²) < 4.78 is 5.28. The van der Waals surface area contributed by atoms with Gasteiger partial charge in [-0.25, -0.2) is 0 Å². The average molecular weight is 356 g/mol. The molecule has 1 aromatic heterocycles. The maximum atomic E-state index is 11.4. The van der Waals surface area contributed by atoms with E-state index < -0.39 is 17.9 Å². The zero-order chi connectivity index (χ0) is 18.5. The second kappa shape index (κ2) is 6.32. The molecular formula is C20H24N2O4. The molecule has 138 valence electrons. The summed E-state index contributed by atoms with van der Waals surface area (Å²) in [4.78, 5) is 6.10. The minimum Gasteiger partial charge on any atom is -0.497 e. The fourth-order valence-corrected chi connectivity index (χ4v) is 4.54. The number of aliphatic hydroxyl groups is 3. The predicted molar refractivity (Wildman–Crippen MR) is 97.6 cm³/mol. The van der Waals surface area contributed by atoms with E-state index in [-0.39, 0.29) is 11.8 Å². The van der Waals surface area contributed by atoms with Crippen LogP contribution in [0.2, 0.25) is 0 Å². The Kier molecular flexibility index (Phi) is 4.23. The third-order valence-electron chi connectivity index (χ3n) is 6.04. The lowest BCUT2D eigenvalue weighted by Gasteiger charge is -2.58. The van der Waals surface area contributed by atoms with Crippen molar-refractivity contribution in [2.24, 2.45) is 11.8 Å². The maximum Gasteiger partial charge on any atom is 0.175 e. The molecule has 6 atom stereocenters. The molecule has 3 N–H and O–H groups in total. The van der Waals surface area contributed by atoms with Gasteiger partial charge in [-0.1, -0.05) is 6.08 Å². The smallest absolute Gasteiger partial charge is 0.175 e. The topological polar surface area (TPSA) is 86.1 Å². The van der Waals surface area contributed by atoms with Gasteiger partial charge in [-0.15, -0.1) is 6.58 Å². The van der Waals surface area contributed by atoms with Gasteiger partial charge in [0.05, 0.1) is 12.6 Å². The quantitative estimate of drug-likeness (QED) is 0.719. The molecule has 0 radical (unpaired) electrons. The van der Waals surface area contributed by atoms with E-state index in [0.29, 0.717) is 35.3 Å². The van der Waals surface area contributed by atoms with Crippen molar-refractivity contribution in [1.82, 2.24) is 9.88 Å². The minimum absolute atomic E-state index is 0.111. The molecule has 3 saturated heterocycles. The molecular weight excluding hydrogens is 332 g/mol. The van der Waals surface area contributed by atoms with Crippen molar-refractivity contribution in [3.8, 4) is 5.75 Å². The molecule has 0 amide bonds. The normalized spacial score (nSPS) is 34.6. The van der Waals surface area contributed by atoms with Crippen molar-refractivity contribution in [2.75, 3.05) is 20.2 Å². The Morgan fingerprint density at radius 1 is 1.42 bits per heavy atom. The molecule has 0 aliphatic carbocycles. The lowest BCUT2D eigenvalue weighted by atomic mass is 9.69. The monoisotopic (exact) mass is 356 g/mol. The van der Waals surface area contributed by atoms with E-state index >= 15 is 0 Å². The van der Waals surface area contributed by atoms with Crippen molar-refractivity contribution in [3.63, 3.8) is 0 Å². The van der Waals surface area contributed by atoms with Crippen LogP contribution < -0.4 is 4.74 Å². The Morgan fingerprint density at radius 3 is 2.92 bits per heavy atom. The first-order valence-electron chi connectivity index (χ1n) is 8.89. The van der Waals surface area contributed by atoms with E-state index in [1.54, 1.807) is 36.4 Å². The lowest BCUT2D eigenvalue weighted by Crippen LogP contribution is -2.71. The molecule has 6 heteroatoms. The van der Waals surface area contributed by atoms with Crippen LogP contribution in [0.4, 0.5) is 0 Å². The van der Waals surface area contributed by atoms with Gasteiger partial charge < -0.3 is 20.1 Å². The first-order chi connectivity index (χ1) is 12.5. The van der Waals surface area contributed by atoms with Crippen LogP contribution in [-0.2, 0) is 0 Å². The van der Waals surface area contributed by atoms with Gasteiger partial charge in [-0.05, 0) is 48.1 Å². The number of hydrogen-bond acceptors (Lipinski definition) is 6. The molecule has 0 saturated carbocycles. The summed E-state index contributed by atoms with van der Waals surface area (Å²) in [5.74, 6) is 0.643. The average Bonchev–Trinajstić information content (AvgIpc) is 2.69. The second-order valence-corrected chi connectivity index (χ2v) is 7.21. The van der Waals surface area contributed by atoms with E-state index in [9.17, 15) is 15.3 Å². The van der Waals surface area contributed by atoms with E-state index in [1.807, 2.05) is 12.1 Å². The predicted octanol–water partition coefficient (Wildman–Crippen LogP) is 1.46. The first kappa shape index (κ1) is 17.4. The molecule has 2 aromatic rings. The number of hydrogen-bond donors (Lipinski definition) is 3. The van der Waals surface area contributed by atoms with Crippen LogP contribution in [0.25, 0.3) is 10.9 Å². The van der Waals surface area contributed by atoms with Crippen molar-refractivity contribution in [3.05, 3.63) is 48.7 Å². The highest BCUT2D eigenvalue weighted by Gasteiger charge is 2.59. The molecule has 3 aliphatic heterocycles. The zero-order valence-corrected chi connectivity index (χ0v) is 14.7. The van der Waals surface area contributed by atoms with E-state index in [2.05, 4.69) is 11.6 Å². The highest BCUT2D eigenvalue weighted by molar-refractivity contribution is 5.84. The summed E-state index contributed by atoms with van der Waals surface area (Å²) in [6, 6.07) is 7.09. The van der Waals surface area contributed by atoms with Gasteiger partial charge >= 0.3 is 0 Å². The van der Waals surface area contributed by atoms with Crippen LogP contribution in [0.15, 0.2) is 43.1 Å². The van der Waals surface area contributed by atoms with Crippen LogP contribution in [0.1, 0.15) is 18.1 Å². The lowest BCUT2D eigenvalue weighted by molar-refractivity contribution is -0.293. The van der Waals surface area contributed by atoms with Gasteiger partial charge in [-0.3, -0.25) is 9.88 Å². The molecule has 2 bridgehead atoms. The summed E-state index contributed by atoms with van der Waals surface area (Å²) in [7, 11) is 1.58. The zero-order valence-electron chi connectivity index (χ0n) is 14.7. The number of aromatic nitrogens is 1. The molecule has 26 heavy (non-hydrogen) atoms. The van der Waals surface area contributed by atoms with Gasteiger partial charge in [0.25, 0.3) is 0 Å². The first-order valence-corrected chi connectivity index (χ1v) is 8.89. The van der Waals surface area contributed by atoms with Crippen molar-refractivity contribution >= 4 is 10.9 Å².